The molecule has 0 unspecified atom stereocenters. The van der Waals surface area contributed by atoms with E-state index in [1.165, 1.54) is 21.6 Å². The van der Waals surface area contributed by atoms with Gasteiger partial charge < -0.3 is 10.6 Å². The van der Waals surface area contributed by atoms with Crippen molar-refractivity contribution in [2.24, 2.45) is 0 Å². The van der Waals surface area contributed by atoms with Gasteiger partial charge in [-0.25, -0.2) is 0 Å². The van der Waals surface area contributed by atoms with Gasteiger partial charge in [0.1, 0.15) is 0 Å². The fourth-order valence-corrected chi connectivity index (χ4v) is 3.97. The third kappa shape index (κ3) is 7.10. The first-order chi connectivity index (χ1) is 12.3. The number of alkyl halides is 4. The molecule has 0 atom stereocenters. The maximum atomic E-state index is 11.5. The number of anilines is 2. The topological polar surface area (TPSA) is 58.2 Å². The molecule has 2 aromatic carbocycles. The van der Waals surface area contributed by atoms with Crippen LogP contribution < -0.4 is 10.6 Å². The van der Waals surface area contributed by atoms with Gasteiger partial charge in [-0.1, -0.05) is 80.1 Å². The van der Waals surface area contributed by atoms with Gasteiger partial charge in [0.2, 0.25) is 0 Å². The highest BCUT2D eigenvalue weighted by Crippen LogP contribution is 2.39. The van der Waals surface area contributed by atoms with Crippen molar-refractivity contribution in [3.05, 3.63) is 48.5 Å². The maximum Gasteiger partial charge on any atom is 0.257 e. The van der Waals surface area contributed by atoms with Crippen molar-refractivity contribution >= 4 is 91.2 Å². The third-order valence-electron chi connectivity index (χ3n) is 2.83. The molecular formula is C16H12Cl4N2O2S2. The van der Waals surface area contributed by atoms with Crippen LogP contribution in [0.2, 0.25) is 0 Å². The van der Waals surface area contributed by atoms with Crippen molar-refractivity contribution in [1.82, 2.24) is 0 Å². The summed E-state index contributed by atoms with van der Waals surface area (Å²) in [5.74, 6) is -0.966. The number of halogens is 4. The number of rotatable bonds is 7. The average molecular weight is 470 g/mol. The quantitative estimate of drug-likeness (QED) is 0.387. The Hall–Kier alpha value is -0.760. The molecule has 10 heteroatoms. The molecule has 0 heterocycles. The second-order valence-electron chi connectivity index (χ2n) is 4.80. The number of hydrogen-bond donors (Lipinski definition) is 2. The fraction of sp³-hybridized carbons (Fsp3) is 0.125. The summed E-state index contributed by atoms with van der Waals surface area (Å²) in [6.07, 6.45) is 0. The predicted octanol–water partition coefficient (Wildman–Crippen LogP) is 5.97. The Bertz CT molecular complexity index is 725. The molecule has 0 spiro atoms. The number of amides is 2. The maximum absolute atomic E-state index is 11.5. The van der Waals surface area contributed by atoms with E-state index in [1.54, 1.807) is 12.1 Å². The van der Waals surface area contributed by atoms with E-state index in [2.05, 4.69) is 10.6 Å². The van der Waals surface area contributed by atoms with E-state index in [4.69, 9.17) is 46.4 Å². The second-order valence-corrected chi connectivity index (χ2v) is 9.27. The zero-order valence-electron chi connectivity index (χ0n) is 12.9. The number of carbonyl (C=O) groups excluding carboxylic acids is 2. The lowest BCUT2D eigenvalue weighted by atomic mass is 10.3. The van der Waals surface area contributed by atoms with E-state index < -0.39 is 21.5 Å². The van der Waals surface area contributed by atoms with Gasteiger partial charge in [-0.15, -0.1) is 0 Å². The Balaban J connectivity index is 1.98. The highest BCUT2D eigenvalue weighted by Gasteiger charge is 2.12. The lowest BCUT2D eigenvalue weighted by Crippen LogP contribution is -2.18. The van der Waals surface area contributed by atoms with Crippen LogP contribution in [0, 0.1) is 0 Å². The summed E-state index contributed by atoms with van der Waals surface area (Å²) in [7, 11) is 2.98. The SMILES string of the molecule is O=C(Nc1cccc(SSc2cccc(NC(=O)C(Cl)Cl)c2)c1)C(Cl)Cl. The van der Waals surface area contributed by atoms with Crippen LogP contribution in [-0.2, 0) is 9.59 Å². The van der Waals surface area contributed by atoms with Gasteiger partial charge >= 0.3 is 0 Å². The van der Waals surface area contributed by atoms with Gasteiger partial charge in [0, 0.05) is 21.2 Å². The lowest BCUT2D eigenvalue weighted by Gasteiger charge is -2.09. The number of carbonyl (C=O) groups is 2. The first-order valence-corrected chi connectivity index (χ1v) is 11.0. The molecule has 0 radical (unpaired) electrons. The van der Waals surface area contributed by atoms with Crippen molar-refractivity contribution in [3.8, 4) is 0 Å². The zero-order valence-corrected chi connectivity index (χ0v) is 17.6. The standard InChI is InChI=1S/C16H12Cl4N2O2S2/c17-13(18)15(23)21-9-3-1-5-11(7-9)25-26-12-6-2-4-10(8-12)22-16(24)14(19)20/h1-8,13-14H,(H,21,23)(H,22,24). The van der Waals surface area contributed by atoms with Crippen molar-refractivity contribution < 1.29 is 9.59 Å². The molecular weight excluding hydrogens is 458 g/mol. The molecule has 2 rings (SSSR count). The van der Waals surface area contributed by atoms with Gasteiger partial charge in [-0.3, -0.25) is 9.59 Å². The van der Waals surface area contributed by atoms with E-state index >= 15 is 0 Å². The zero-order chi connectivity index (χ0) is 19.1. The number of hydrogen-bond acceptors (Lipinski definition) is 4. The second kappa shape index (κ2) is 10.5. The van der Waals surface area contributed by atoms with Crippen LogP contribution in [0.25, 0.3) is 0 Å². The van der Waals surface area contributed by atoms with E-state index in [9.17, 15) is 9.59 Å². The smallest absolute Gasteiger partial charge is 0.257 e. The van der Waals surface area contributed by atoms with Crippen LogP contribution in [0.15, 0.2) is 58.3 Å². The largest absolute Gasteiger partial charge is 0.324 e. The van der Waals surface area contributed by atoms with E-state index in [1.807, 2.05) is 36.4 Å². The summed E-state index contributed by atoms with van der Waals surface area (Å²) in [4.78, 5) is 22.7. The van der Waals surface area contributed by atoms with Crippen LogP contribution in [0.5, 0.6) is 0 Å². The summed E-state index contributed by atoms with van der Waals surface area (Å²) in [6, 6.07) is 14.5. The highest BCUT2D eigenvalue weighted by molar-refractivity contribution is 8.76. The van der Waals surface area contributed by atoms with E-state index in [0.717, 1.165) is 9.79 Å². The summed E-state index contributed by atoms with van der Waals surface area (Å²) in [6.45, 7) is 0. The van der Waals surface area contributed by atoms with Crippen molar-refractivity contribution in [2.45, 2.75) is 19.5 Å². The Morgan fingerprint density at radius 1 is 0.731 bits per heavy atom. The Morgan fingerprint density at radius 2 is 1.12 bits per heavy atom. The molecule has 0 bridgehead atoms. The van der Waals surface area contributed by atoms with E-state index in [0.29, 0.717) is 11.4 Å². The van der Waals surface area contributed by atoms with Gasteiger partial charge in [0.25, 0.3) is 11.8 Å². The molecule has 2 aromatic rings. The van der Waals surface area contributed by atoms with Crippen LogP contribution in [0.3, 0.4) is 0 Å². The van der Waals surface area contributed by atoms with Crippen molar-refractivity contribution in [2.75, 3.05) is 10.6 Å². The first-order valence-electron chi connectivity index (χ1n) is 7.08. The molecule has 0 aliphatic rings. The molecule has 4 nitrogen and oxygen atoms in total. The lowest BCUT2D eigenvalue weighted by molar-refractivity contribution is -0.115. The molecule has 0 aliphatic carbocycles. The molecule has 2 amide bonds. The Labute approximate surface area is 178 Å². The van der Waals surface area contributed by atoms with Crippen molar-refractivity contribution in [1.29, 1.82) is 0 Å². The van der Waals surface area contributed by atoms with Crippen LogP contribution >= 0.6 is 68.0 Å². The minimum atomic E-state index is -1.13. The summed E-state index contributed by atoms with van der Waals surface area (Å²) >= 11 is 22.1. The molecule has 138 valence electrons. The Morgan fingerprint density at radius 3 is 1.46 bits per heavy atom. The van der Waals surface area contributed by atoms with Gasteiger partial charge in [0.05, 0.1) is 0 Å². The molecule has 0 aliphatic heterocycles. The van der Waals surface area contributed by atoms with Crippen LogP contribution in [0.1, 0.15) is 0 Å². The Kier molecular flexibility index (Phi) is 8.73. The average Bonchev–Trinajstić information content (AvgIpc) is 2.60. The first kappa shape index (κ1) is 21.5. The van der Waals surface area contributed by atoms with Gasteiger partial charge in [-0.2, -0.15) is 0 Å². The minimum absolute atomic E-state index is 0.483. The molecule has 0 aromatic heterocycles. The molecule has 26 heavy (non-hydrogen) atoms. The predicted molar refractivity (Wildman–Crippen MR) is 113 cm³/mol. The number of nitrogens with one attached hydrogen (secondary N) is 2. The third-order valence-corrected chi connectivity index (χ3v) is 6.01. The molecule has 0 fully saturated rings. The van der Waals surface area contributed by atoms with E-state index in [-0.39, 0.29) is 0 Å². The number of benzene rings is 2. The summed E-state index contributed by atoms with van der Waals surface area (Å²) in [5, 5.41) is 5.25. The molecule has 2 N–H and O–H groups in total. The van der Waals surface area contributed by atoms with Crippen LogP contribution in [0.4, 0.5) is 11.4 Å². The van der Waals surface area contributed by atoms with Crippen LogP contribution in [-0.4, -0.2) is 21.5 Å². The van der Waals surface area contributed by atoms with Gasteiger partial charge in [-0.05, 0) is 36.4 Å². The van der Waals surface area contributed by atoms with Gasteiger partial charge in [0.15, 0.2) is 9.67 Å². The molecule has 0 saturated heterocycles. The minimum Gasteiger partial charge on any atom is -0.324 e. The monoisotopic (exact) mass is 468 g/mol. The fourth-order valence-electron chi connectivity index (χ4n) is 1.74. The molecule has 0 saturated carbocycles. The van der Waals surface area contributed by atoms with Crippen molar-refractivity contribution in [3.63, 3.8) is 0 Å². The summed E-state index contributed by atoms with van der Waals surface area (Å²) in [5.41, 5.74) is 1.20. The normalized spacial score (nSPS) is 10.8. The summed E-state index contributed by atoms with van der Waals surface area (Å²) < 4.78 is 0. The highest BCUT2D eigenvalue weighted by atomic mass is 35.5.